The minimum atomic E-state index is -5.33. The smallest absolute Gasteiger partial charge is 0.344 e. The highest BCUT2D eigenvalue weighted by Crippen LogP contribution is 2.35. The molecule has 3 aromatic rings. The van der Waals surface area contributed by atoms with E-state index in [1.54, 1.807) is 0 Å². The number of carbonyl (C=O) groups is 1. The number of pyridine rings is 1. The van der Waals surface area contributed by atoms with E-state index in [0.29, 0.717) is 13.0 Å². The van der Waals surface area contributed by atoms with Crippen molar-refractivity contribution in [3.63, 3.8) is 0 Å². The van der Waals surface area contributed by atoms with Gasteiger partial charge in [0, 0.05) is 24.5 Å². The number of alkyl halides is 9. The number of halogens is 9. The number of fused-ring (bicyclic) bond motifs is 1. The third-order valence-corrected chi connectivity index (χ3v) is 5.17. The van der Waals surface area contributed by atoms with Crippen molar-refractivity contribution >= 4 is 5.91 Å². The molecular formula is C19H13F9N6O. The second-order valence-corrected chi connectivity index (χ2v) is 7.57. The lowest BCUT2D eigenvalue weighted by Crippen LogP contribution is -2.33. The first-order valence-electron chi connectivity index (χ1n) is 9.81. The predicted octanol–water partition coefficient (Wildman–Crippen LogP) is 4.92. The minimum Gasteiger partial charge on any atom is -0.344 e. The van der Waals surface area contributed by atoms with Crippen LogP contribution >= 0.6 is 0 Å². The van der Waals surface area contributed by atoms with Gasteiger partial charge < -0.3 is 5.32 Å². The van der Waals surface area contributed by atoms with Gasteiger partial charge in [-0.2, -0.15) is 41.2 Å². The van der Waals surface area contributed by atoms with Gasteiger partial charge in [0.2, 0.25) is 0 Å². The van der Waals surface area contributed by atoms with Crippen molar-refractivity contribution in [1.29, 1.82) is 0 Å². The molecule has 0 aliphatic carbocycles. The topological polar surface area (TPSA) is 77.6 Å². The molecule has 16 heteroatoms. The number of nitrogens with zero attached hydrogens (tertiary/aromatic N) is 5. The Morgan fingerprint density at radius 3 is 2.34 bits per heavy atom. The molecule has 188 valence electrons. The third-order valence-electron chi connectivity index (χ3n) is 5.17. The largest absolute Gasteiger partial charge is 0.504 e. The lowest BCUT2D eigenvalue weighted by atomic mass is 10.0. The van der Waals surface area contributed by atoms with E-state index in [1.807, 2.05) is 0 Å². The molecule has 0 saturated heterocycles. The van der Waals surface area contributed by atoms with Crippen molar-refractivity contribution in [2.24, 2.45) is 0 Å². The molecular weight excluding hydrogens is 499 g/mol. The summed E-state index contributed by atoms with van der Waals surface area (Å²) in [6, 6.07) is 2.43. The van der Waals surface area contributed by atoms with E-state index in [1.165, 1.54) is 16.8 Å². The van der Waals surface area contributed by atoms with E-state index in [-0.39, 0.29) is 29.6 Å². The molecule has 1 amide bonds. The van der Waals surface area contributed by atoms with Gasteiger partial charge in [0.05, 0.1) is 23.0 Å². The second kappa shape index (κ2) is 8.27. The highest BCUT2D eigenvalue weighted by molar-refractivity contribution is 5.95. The van der Waals surface area contributed by atoms with Crippen LogP contribution in [0, 0.1) is 0 Å². The molecule has 1 aliphatic rings. The number of rotatable bonds is 3. The molecule has 4 rings (SSSR count). The molecule has 0 spiro atoms. The van der Waals surface area contributed by atoms with Crippen LogP contribution in [0.4, 0.5) is 39.5 Å². The van der Waals surface area contributed by atoms with Gasteiger partial charge in [0.25, 0.3) is 5.91 Å². The van der Waals surface area contributed by atoms with E-state index in [4.69, 9.17) is 0 Å². The number of amides is 1. The molecule has 1 atom stereocenters. The van der Waals surface area contributed by atoms with Crippen molar-refractivity contribution in [2.45, 2.75) is 44.1 Å². The van der Waals surface area contributed by atoms with Crippen LogP contribution in [0.3, 0.4) is 0 Å². The summed E-state index contributed by atoms with van der Waals surface area (Å²) in [5.41, 5.74) is -4.07. The van der Waals surface area contributed by atoms with Crippen molar-refractivity contribution in [2.75, 3.05) is 0 Å². The maximum Gasteiger partial charge on any atom is 0.504 e. The first-order valence-corrected chi connectivity index (χ1v) is 9.81. The Morgan fingerprint density at radius 1 is 1.00 bits per heavy atom. The fraction of sp³-hybridized carbons (Fsp3) is 0.368. The molecule has 7 nitrogen and oxygen atoms in total. The lowest BCUT2D eigenvalue weighted by molar-refractivity contribution is -0.214. The minimum absolute atomic E-state index is 0.0562. The van der Waals surface area contributed by atoms with E-state index >= 15 is 0 Å². The molecule has 0 radical (unpaired) electrons. The van der Waals surface area contributed by atoms with Crippen LogP contribution in [0.2, 0.25) is 0 Å². The molecule has 4 heterocycles. The Bertz CT molecular complexity index is 1250. The Morgan fingerprint density at radius 2 is 1.71 bits per heavy atom. The number of aryl methyl sites for hydroxylation is 1. The third kappa shape index (κ3) is 4.95. The van der Waals surface area contributed by atoms with Crippen molar-refractivity contribution in [3.8, 4) is 11.3 Å². The van der Waals surface area contributed by atoms with Gasteiger partial charge in [-0.05, 0) is 31.0 Å². The number of carbonyl (C=O) groups excluding carboxylic acids is 1. The summed E-state index contributed by atoms with van der Waals surface area (Å²) < 4.78 is 118. The fourth-order valence-electron chi connectivity index (χ4n) is 3.63. The zero-order chi connectivity index (χ0) is 25.8. The Labute approximate surface area is 189 Å². The summed E-state index contributed by atoms with van der Waals surface area (Å²) in [6.07, 6.45) is -13.8. The monoisotopic (exact) mass is 512 g/mol. The number of hydrogen-bond acceptors (Lipinski definition) is 4. The van der Waals surface area contributed by atoms with E-state index in [2.05, 4.69) is 20.5 Å². The predicted molar refractivity (Wildman–Crippen MR) is 98.4 cm³/mol. The second-order valence-electron chi connectivity index (χ2n) is 7.57. The summed E-state index contributed by atoms with van der Waals surface area (Å²) in [4.78, 5) is 15.8. The van der Waals surface area contributed by atoms with Gasteiger partial charge in [0.1, 0.15) is 5.69 Å². The van der Waals surface area contributed by atoms with Crippen molar-refractivity contribution in [1.82, 2.24) is 29.9 Å². The average molecular weight is 512 g/mol. The molecule has 1 N–H and O–H groups in total. The van der Waals surface area contributed by atoms with Crippen LogP contribution in [-0.4, -0.2) is 30.5 Å². The average Bonchev–Trinajstić information content (AvgIpc) is 3.38. The lowest BCUT2D eigenvalue weighted by Gasteiger charge is -2.24. The fourth-order valence-corrected chi connectivity index (χ4v) is 3.63. The van der Waals surface area contributed by atoms with Gasteiger partial charge in [0.15, 0.2) is 5.69 Å². The van der Waals surface area contributed by atoms with Crippen LogP contribution < -0.4 is 5.32 Å². The highest BCUT2D eigenvalue weighted by Gasteiger charge is 2.43. The molecule has 0 saturated carbocycles. The molecule has 0 aromatic carbocycles. The maximum absolute atomic E-state index is 13.2. The van der Waals surface area contributed by atoms with Crippen molar-refractivity contribution in [3.05, 3.63) is 53.2 Å². The summed E-state index contributed by atoms with van der Waals surface area (Å²) in [5.74, 6) is -1.45. The quantitative estimate of drug-likeness (QED) is 0.506. The molecule has 35 heavy (non-hydrogen) atoms. The van der Waals surface area contributed by atoms with Crippen LogP contribution in [0.5, 0.6) is 0 Å². The first-order chi connectivity index (χ1) is 16.1. The summed E-state index contributed by atoms with van der Waals surface area (Å²) in [5, 5.41) is 8.92. The number of nitrogens with one attached hydrogen (secondary N) is 1. The van der Waals surface area contributed by atoms with Crippen molar-refractivity contribution < 1.29 is 44.3 Å². The molecule has 0 fully saturated rings. The van der Waals surface area contributed by atoms with Gasteiger partial charge in [-0.25, -0.2) is 0 Å². The van der Waals surface area contributed by atoms with Crippen LogP contribution in [0.25, 0.3) is 11.3 Å². The van der Waals surface area contributed by atoms with Crippen LogP contribution in [-0.2, 0) is 25.2 Å². The normalized spacial score (nSPS) is 16.8. The van der Waals surface area contributed by atoms with E-state index < -0.39 is 52.2 Å². The van der Waals surface area contributed by atoms with Gasteiger partial charge in [-0.3, -0.25) is 14.5 Å². The Hall–Kier alpha value is -3.59. The van der Waals surface area contributed by atoms with Gasteiger partial charge in [-0.15, -0.1) is 13.2 Å². The summed E-state index contributed by atoms with van der Waals surface area (Å²) >= 11 is 0. The Balaban J connectivity index is 1.64. The maximum atomic E-state index is 13.2. The first kappa shape index (κ1) is 24.5. The SMILES string of the molecule is O=C(NC1CCCn2nc(-c3ccnc(C(F)(F)F)c3)cc21)c1cn(C(F)(F)F)nc1C(F)(F)F. The molecule has 3 aromatic heterocycles. The zero-order valence-electron chi connectivity index (χ0n) is 17.1. The van der Waals surface area contributed by atoms with Gasteiger partial charge in [-0.1, -0.05) is 0 Å². The summed E-state index contributed by atoms with van der Waals surface area (Å²) in [6.45, 7) is 0.304. The van der Waals surface area contributed by atoms with Gasteiger partial charge >= 0.3 is 18.7 Å². The summed E-state index contributed by atoms with van der Waals surface area (Å²) in [7, 11) is 0. The van der Waals surface area contributed by atoms with Crippen LogP contribution in [0.1, 0.15) is 46.3 Å². The molecule has 1 unspecified atom stereocenters. The number of hydrogen-bond donors (Lipinski definition) is 1. The molecule has 1 aliphatic heterocycles. The highest BCUT2D eigenvalue weighted by atomic mass is 19.4. The van der Waals surface area contributed by atoms with Crippen LogP contribution in [0.15, 0.2) is 30.6 Å². The van der Waals surface area contributed by atoms with E-state index in [9.17, 15) is 44.3 Å². The Kier molecular flexibility index (Phi) is 5.79. The number of aromatic nitrogens is 5. The van der Waals surface area contributed by atoms with E-state index in [0.717, 1.165) is 12.3 Å². The molecule has 0 bridgehead atoms. The standard InChI is InChI=1S/C19H13F9N6O/c20-17(21,22)14-6-9(3-4-29-14)12-7-13-11(2-1-5-33(13)31-12)30-16(35)10-8-34(19(26,27)28)32-15(10)18(23,24)25/h3-4,6-8,11H,1-2,5H2,(H,30,35). The zero-order valence-corrected chi connectivity index (χ0v) is 17.1.